The molecule has 0 rings (SSSR count). The third-order valence-corrected chi connectivity index (χ3v) is 2.83. The molecule has 126 valence electrons. The molecule has 0 aromatic carbocycles. The van der Waals surface area contributed by atoms with Crippen LogP contribution in [0.3, 0.4) is 0 Å². The van der Waals surface area contributed by atoms with Gasteiger partial charge in [0.05, 0.1) is 6.61 Å². The van der Waals surface area contributed by atoms with E-state index in [9.17, 15) is 14.3 Å². The molecule has 0 saturated carbocycles. The molecule has 0 aliphatic rings. The summed E-state index contributed by atoms with van der Waals surface area (Å²) >= 11 is 0. The molecule has 0 aromatic rings. The summed E-state index contributed by atoms with van der Waals surface area (Å²) < 4.78 is 25.0. The Labute approximate surface area is 123 Å². The van der Waals surface area contributed by atoms with Gasteiger partial charge >= 0.3 is 5.97 Å². The number of ether oxygens (including phenoxy) is 1. The lowest BCUT2D eigenvalue weighted by Crippen LogP contribution is -2.51. The first-order valence-electron chi connectivity index (χ1n) is 5.54. The predicted octanol–water partition coefficient (Wildman–Crippen LogP) is 1.72. The first-order chi connectivity index (χ1) is 7.95. The van der Waals surface area contributed by atoms with Gasteiger partial charge in [-0.15, -0.1) is 0 Å². The van der Waals surface area contributed by atoms with Gasteiger partial charge in [-0.05, 0) is 6.42 Å². The van der Waals surface area contributed by atoms with E-state index in [4.69, 9.17) is 4.74 Å². The van der Waals surface area contributed by atoms with Crippen molar-refractivity contribution in [3.63, 3.8) is 0 Å². The van der Waals surface area contributed by atoms with Gasteiger partial charge in [-0.1, -0.05) is 42.5 Å². The Morgan fingerprint density at radius 3 is 2.20 bits per heavy atom. The average molecular weight is 317 g/mol. The number of phosphoric acid groups is 1. The maximum atomic E-state index is 11.1. The molecule has 0 aliphatic carbocycles. The second kappa shape index (κ2) is 14.9. The zero-order valence-corrected chi connectivity index (χ0v) is 11.1. The summed E-state index contributed by atoms with van der Waals surface area (Å²) in [6.45, 7) is 3.11. The SMILES string of the molecule is C.C.C.CCCC(COP(=O)([O-])OC[NH3+])OC(=O)CC. The molecular formula is C12H32NO6P. The molecule has 0 radical (unpaired) electrons. The van der Waals surface area contributed by atoms with Crippen LogP contribution in [0, 0.1) is 0 Å². The van der Waals surface area contributed by atoms with Gasteiger partial charge in [0.1, 0.15) is 6.10 Å². The highest BCUT2D eigenvalue weighted by Crippen LogP contribution is 2.37. The Bertz CT molecular complexity index is 275. The number of hydrogen-bond donors (Lipinski definition) is 1. The Morgan fingerprint density at radius 2 is 1.80 bits per heavy atom. The highest BCUT2D eigenvalue weighted by atomic mass is 31.2. The Kier molecular flexibility index (Phi) is 20.8. The normalized spacial score (nSPS) is 13.8. The Hall–Kier alpha value is -0.460. The third-order valence-electron chi connectivity index (χ3n) is 1.87. The summed E-state index contributed by atoms with van der Waals surface area (Å²) in [6, 6.07) is 0. The smallest absolute Gasteiger partial charge is 0.305 e. The van der Waals surface area contributed by atoms with Crippen LogP contribution in [-0.2, 0) is 23.1 Å². The second-order valence-electron chi connectivity index (χ2n) is 3.33. The molecule has 0 saturated heterocycles. The number of carbonyl (C=O) groups excluding carboxylic acids is 1. The molecule has 0 fully saturated rings. The van der Waals surface area contributed by atoms with E-state index in [0.29, 0.717) is 6.42 Å². The van der Waals surface area contributed by atoms with Gasteiger partial charge in [-0.3, -0.25) is 13.9 Å². The summed E-state index contributed by atoms with van der Waals surface area (Å²) in [6.07, 6.45) is 0.966. The zero-order chi connectivity index (χ0) is 13.3. The molecule has 7 nitrogen and oxygen atoms in total. The number of quaternary nitrogens is 1. The van der Waals surface area contributed by atoms with E-state index in [2.05, 4.69) is 14.8 Å². The first kappa shape index (κ1) is 27.8. The van der Waals surface area contributed by atoms with Crippen LogP contribution in [0.5, 0.6) is 0 Å². The minimum atomic E-state index is -4.33. The van der Waals surface area contributed by atoms with Crippen LogP contribution in [0.25, 0.3) is 0 Å². The van der Waals surface area contributed by atoms with Crippen molar-refractivity contribution in [3.05, 3.63) is 0 Å². The van der Waals surface area contributed by atoms with Crippen molar-refractivity contribution in [3.8, 4) is 0 Å². The van der Waals surface area contributed by atoms with Crippen molar-refractivity contribution in [2.45, 2.75) is 61.5 Å². The lowest BCUT2D eigenvalue weighted by Gasteiger charge is -2.24. The van der Waals surface area contributed by atoms with Crippen molar-refractivity contribution in [2.24, 2.45) is 0 Å². The van der Waals surface area contributed by atoms with E-state index in [0.717, 1.165) is 6.42 Å². The quantitative estimate of drug-likeness (QED) is 0.393. The molecule has 2 atom stereocenters. The topological polar surface area (TPSA) is 113 Å². The van der Waals surface area contributed by atoms with Gasteiger partial charge in [0.15, 0.2) is 6.73 Å². The van der Waals surface area contributed by atoms with Crippen LogP contribution in [0.1, 0.15) is 55.4 Å². The summed E-state index contributed by atoms with van der Waals surface area (Å²) in [5.74, 6) is -0.383. The number of phosphoric ester groups is 1. The molecule has 0 bridgehead atoms. The fourth-order valence-electron chi connectivity index (χ4n) is 1.09. The molecular weight excluding hydrogens is 285 g/mol. The first-order valence-corrected chi connectivity index (χ1v) is 7.00. The number of hydrogen-bond acceptors (Lipinski definition) is 6. The van der Waals surface area contributed by atoms with Gasteiger partial charge in [-0.25, -0.2) is 0 Å². The van der Waals surface area contributed by atoms with Gasteiger partial charge in [0.2, 0.25) is 0 Å². The van der Waals surface area contributed by atoms with Gasteiger partial charge in [-0.2, -0.15) is 0 Å². The van der Waals surface area contributed by atoms with Crippen LogP contribution in [0.2, 0.25) is 0 Å². The van der Waals surface area contributed by atoms with Crippen molar-refractivity contribution < 1.29 is 33.8 Å². The van der Waals surface area contributed by atoms with Crippen LogP contribution >= 0.6 is 7.82 Å². The fourth-order valence-corrected chi connectivity index (χ4v) is 1.74. The van der Waals surface area contributed by atoms with E-state index in [-0.39, 0.29) is 48.0 Å². The standard InChI is InChI=1S/C9H20NO6P.3CH4/c1-3-5-8(16-9(11)4-2)6-14-17(12,13)15-7-10;;;/h8H,3-7,10H2,1-2H3,(H,12,13);3*1H4. The van der Waals surface area contributed by atoms with Crippen molar-refractivity contribution >= 4 is 13.8 Å². The third kappa shape index (κ3) is 14.0. The van der Waals surface area contributed by atoms with Gasteiger partial charge in [0, 0.05) is 6.42 Å². The second-order valence-corrected chi connectivity index (χ2v) is 4.74. The predicted molar refractivity (Wildman–Crippen MR) is 77.7 cm³/mol. The van der Waals surface area contributed by atoms with E-state index >= 15 is 0 Å². The largest absolute Gasteiger partial charge is 0.756 e. The molecule has 0 spiro atoms. The maximum absolute atomic E-state index is 11.1. The van der Waals surface area contributed by atoms with E-state index in [1.54, 1.807) is 6.92 Å². The summed E-state index contributed by atoms with van der Waals surface area (Å²) in [5.41, 5.74) is 3.24. The number of carbonyl (C=O) groups is 1. The monoisotopic (exact) mass is 317 g/mol. The van der Waals surface area contributed by atoms with Crippen LogP contribution in [-0.4, -0.2) is 25.4 Å². The molecule has 0 amide bonds. The minimum Gasteiger partial charge on any atom is -0.756 e. The molecule has 0 heterocycles. The van der Waals surface area contributed by atoms with E-state index < -0.39 is 13.9 Å². The van der Waals surface area contributed by atoms with Crippen LogP contribution in [0.4, 0.5) is 0 Å². The van der Waals surface area contributed by atoms with E-state index in [1.165, 1.54) is 0 Å². The average Bonchev–Trinajstić information content (AvgIpc) is 2.26. The molecule has 0 aromatic heterocycles. The highest BCUT2D eigenvalue weighted by Gasteiger charge is 2.17. The van der Waals surface area contributed by atoms with Gasteiger partial charge < -0.3 is 19.9 Å². The Balaban J connectivity index is -0.000000427. The Morgan fingerprint density at radius 1 is 1.25 bits per heavy atom. The summed E-state index contributed by atoms with van der Waals surface area (Å²) in [7, 11) is -4.33. The number of esters is 1. The van der Waals surface area contributed by atoms with Crippen molar-refractivity contribution in [1.82, 2.24) is 0 Å². The van der Waals surface area contributed by atoms with Crippen molar-refractivity contribution in [2.75, 3.05) is 13.3 Å². The summed E-state index contributed by atoms with van der Waals surface area (Å²) in [4.78, 5) is 22.2. The van der Waals surface area contributed by atoms with Crippen LogP contribution in [0.15, 0.2) is 0 Å². The zero-order valence-electron chi connectivity index (χ0n) is 10.2. The lowest BCUT2D eigenvalue weighted by molar-refractivity contribution is -0.422. The maximum Gasteiger partial charge on any atom is 0.305 e. The van der Waals surface area contributed by atoms with Crippen LogP contribution < -0.4 is 10.6 Å². The molecule has 2 unspecified atom stereocenters. The van der Waals surface area contributed by atoms with E-state index in [1.807, 2.05) is 6.92 Å². The van der Waals surface area contributed by atoms with Gasteiger partial charge in [0.25, 0.3) is 7.82 Å². The minimum absolute atomic E-state index is 0. The molecule has 3 N–H and O–H groups in total. The lowest BCUT2D eigenvalue weighted by atomic mass is 10.2. The summed E-state index contributed by atoms with van der Waals surface area (Å²) in [5, 5.41) is 0. The van der Waals surface area contributed by atoms with Crippen molar-refractivity contribution in [1.29, 1.82) is 0 Å². The fraction of sp³-hybridized carbons (Fsp3) is 0.917. The molecule has 0 aliphatic heterocycles. The highest BCUT2D eigenvalue weighted by molar-refractivity contribution is 7.45. The number of rotatable bonds is 9. The molecule has 20 heavy (non-hydrogen) atoms. The molecule has 8 heteroatoms.